The van der Waals surface area contributed by atoms with E-state index in [2.05, 4.69) is 20.6 Å². The number of hydrogen-bond donors (Lipinski definition) is 8. The zero-order chi connectivity index (χ0) is 37.5. The minimum atomic E-state index is -1.25. The maximum atomic E-state index is 14.4. The molecular formula is C34H37FN10O6. The second kappa shape index (κ2) is 18.4. The highest BCUT2D eigenvalue weighted by atomic mass is 19.1. The van der Waals surface area contributed by atoms with Crippen molar-refractivity contribution in [1.29, 1.82) is 0 Å². The summed E-state index contributed by atoms with van der Waals surface area (Å²) >= 11 is 0. The molecule has 0 aliphatic carbocycles. The van der Waals surface area contributed by atoms with Gasteiger partial charge in [0.1, 0.15) is 30.1 Å². The Bertz CT molecular complexity index is 1980. The van der Waals surface area contributed by atoms with Gasteiger partial charge in [-0.25, -0.2) is 23.9 Å². The third kappa shape index (κ3) is 11.2. The monoisotopic (exact) mass is 700 g/mol. The van der Waals surface area contributed by atoms with Crippen molar-refractivity contribution in [3.05, 3.63) is 132 Å². The number of carboxylic acids is 2. The van der Waals surface area contributed by atoms with Crippen molar-refractivity contribution in [2.24, 2.45) is 22.9 Å². The maximum Gasteiger partial charge on any atom is 0.337 e. The summed E-state index contributed by atoms with van der Waals surface area (Å²) in [5.41, 5.74) is 23.5. The number of nitrogens with one attached hydrogen (secondary N) is 2. The van der Waals surface area contributed by atoms with Gasteiger partial charge in [-0.05, 0) is 79.0 Å². The lowest BCUT2D eigenvalue weighted by Gasteiger charge is -2.12. The molecule has 17 heteroatoms. The number of carbonyl (C=O) groups excluding carboxylic acids is 2. The second-order valence-corrected chi connectivity index (χ2v) is 10.6. The fraction of sp³-hybridized carbons (Fsp3) is 0.118. The number of carboxylic acid groups (broad SMARTS) is 2. The van der Waals surface area contributed by atoms with Crippen LogP contribution in [0, 0.1) is 5.82 Å². The molecule has 0 fully saturated rings. The minimum Gasteiger partial charge on any atom is -0.478 e. The Balaban J connectivity index is 0.000000453. The molecule has 4 rings (SSSR count). The number of imidazole rings is 2. The van der Waals surface area contributed by atoms with Crippen molar-refractivity contribution in [1.82, 2.24) is 19.1 Å². The van der Waals surface area contributed by atoms with Crippen LogP contribution in [0.5, 0.6) is 0 Å². The number of amides is 1. The largest absolute Gasteiger partial charge is 0.478 e. The van der Waals surface area contributed by atoms with E-state index >= 15 is 0 Å². The van der Waals surface area contributed by atoms with Gasteiger partial charge in [0.25, 0.3) is 5.91 Å². The van der Waals surface area contributed by atoms with Gasteiger partial charge >= 0.3 is 11.9 Å². The van der Waals surface area contributed by atoms with Crippen molar-refractivity contribution in [3.8, 4) is 0 Å². The molecule has 16 nitrogen and oxygen atoms in total. The molecule has 1 amide bonds. The molecule has 2 aromatic carbocycles. The molecule has 0 unspecified atom stereocenters. The molecular weight excluding hydrogens is 663 g/mol. The van der Waals surface area contributed by atoms with E-state index in [1.165, 1.54) is 59.6 Å². The van der Waals surface area contributed by atoms with E-state index in [0.29, 0.717) is 48.2 Å². The minimum absolute atomic E-state index is 0.0585. The van der Waals surface area contributed by atoms with E-state index in [1.54, 1.807) is 42.6 Å². The van der Waals surface area contributed by atoms with Crippen LogP contribution < -0.4 is 33.6 Å². The summed E-state index contributed by atoms with van der Waals surface area (Å²) in [7, 11) is 1.55. The summed E-state index contributed by atoms with van der Waals surface area (Å²) in [6, 6.07) is 6.97. The summed E-state index contributed by atoms with van der Waals surface area (Å²) in [6.07, 6.45) is 16.9. The standard InChI is InChI=1S/C26H27FN6O5.C8H10N4O/c1-30-22-12-16(19(27)13-18(22)26(37)38)4-2-3-15-5-7-21(17(11-15)25(35)36)32-24(34)20(28)6-8-23(29)33-10-9-31-14-33;9-7(5-13)1-2-8(10)12-4-3-11-6-12/h5-14,30H,2-4,28-29H2,1H3,(H,32,34)(H,35,36)(H,37,38);1-6H,9-10H2/b20-6-,23-8+;7-1-,8-2+. The fourth-order valence-corrected chi connectivity index (χ4v) is 4.37. The summed E-state index contributed by atoms with van der Waals surface area (Å²) in [6.45, 7) is 0. The number of allylic oxidation sites excluding steroid dienone is 5. The zero-order valence-corrected chi connectivity index (χ0v) is 27.4. The quantitative estimate of drug-likeness (QED) is 0.0534. The van der Waals surface area contributed by atoms with Gasteiger partial charge in [0.05, 0.1) is 28.2 Å². The third-order valence-electron chi connectivity index (χ3n) is 7.04. The molecule has 0 aliphatic heterocycles. The number of hydrogen-bond acceptors (Lipinski definition) is 11. The Morgan fingerprint density at radius 1 is 0.824 bits per heavy atom. The number of aldehydes is 1. The van der Waals surface area contributed by atoms with Crippen molar-refractivity contribution < 1.29 is 33.8 Å². The first kappa shape index (κ1) is 38.3. The molecule has 51 heavy (non-hydrogen) atoms. The molecule has 0 atom stereocenters. The van der Waals surface area contributed by atoms with Crippen LogP contribution in [0.2, 0.25) is 0 Å². The number of nitrogens with zero attached hydrogens (tertiary/aromatic N) is 4. The Morgan fingerprint density at radius 2 is 1.41 bits per heavy atom. The molecule has 0 saturated heterocycles. The predicted molar refractivity (Wildman–Crippen MR) is 189 cm³/mol. The smallest absolute Gasteiger partial charge is 0.337 e. The summed E-state index contributed by atoms with van der Waals surface area (Å²) in [5.74, 6) is -3.10. The van der Waals surface area contributed by atoms with Crippen LogP contribution in [0.1, 0.15) is 38.3 Å². The zero-order valence-electron chi connectivity index (χ0n) is 27.4. The number of halogens is 1. The number of rotatable bonds is 14. The third-order valence-corrected chi connectivity index (χ3v) is 7.04. The Hall–Kier alpha value is -7.17. The van der Waals surface area contributed by atoms with Gasteiger partial charge in [-0.2, -0.15) is 0 Å². The van der Waals surface area contributed by atoms with Crippen molar-refractivity contribution in [2.75, 3.05) is 17.7 Å². The molecule has 0 radical (unpaired) electrons. The van der Waals surface area contributed by atoms with E-state index in [-0.39, 0.29) is 34.0 Å². The second-order valence-electron chi connectivity index (χ2n) is 10.6. The summed E-state index contributed by atoms with van der Waals surface area (Å²) in [5, 5.41) is 24.1. The first-order chi connectivity index (χ1) is 24.3. The van der Waals surface area contributed by atoms with Crippen LogP contribution in [0.25, 0.3) is 11.6 Å². The van der Waals surface area contributed by atoms with Crippen LogP contribution in [-0.4, -0.2) is 60.5 Å². The molecule has 12 N–H and O–H groups in total. The Labute approximate surface area is 291 Å². The number of anilines is 2. The molecule has 0 spiro atoms. The van der Waals surface area contributed by atoms with Gasteiger partial charge in [0.2, 0.25) is 0 Å². The Kier molecular flexibility index (Phi) is 13.8. The fourth-order valence-electron chi connectivity index (χ4n) is 4.37. The number of aromatic carboxylic acids is 2. The van der Waals surface area contributed by atoms with Gasteiger partial charge in [-0.15, -0.1) is 0 Å². The Morgan fingerprint density at radius 3 is 1.94 bits per heavy atom. The van der Waals surface area contributed by atoms with Crippen LogP contribution in [0.3, 0.4) is 0 Å². The van der Waals surface area contributed by atoms with Crippen molar-refractivity contribution >= 4 is 47.1 Å². The lowest BCUT2D eigenvalue weighted by Crippen LogP contribution is -2.21. The number of nitrogens with two attached hydrogens (primary N) is 4. The van der Waals surface area contributed by atoms with Gasteiger partial charge in [0, 0.05) is 37.5 Å². The molecule has 0 aliphatic rings. The van der Waals surface area contributed by atoms with Gasteiger partial charge < -0.3 is 43.8 Å². The van der Waals surface area contributed by atoms with Gasteiger partial charge in [-0.1, -0.05) is 6.07 Å². The highest BCUT2D eigenvalue weighted by Crippen LogP contribution is 2.24. The highest BCUT2D eigenvalue weighted by Gasteiger charge is 2.16. The molecule has 0 bridgehead atoms. The van der Waals surface area contributed by atoms with E-state index in [0.717, 1.165) is 6.07 Å². The van der Waals surface area contributed by atoms with Gasteiger partial charge in [-0.3, -0.25) is 18.7 Å². The summed E-state index contributed by atoms with van der Waals surface area (Å²) in [4.78, 5) is 53.4. The van der Waals surface area contributed by atoms with Crippen molar-refractivity contribution in [2.45, 2.75) is 19.3 Å². The van der Waals surface area contributed by atoms with E-state index < -0.39 is 23.7 Å². The number of carbonyl (C=O) groups is 4. The predicted octanol–water partition coefficient (Wildman–Crippen LogP) is 2.56. The molecule has 2 aromatic heterocycles. The first-order valence-corrected chi connectivity index (χ1v) is 15.0. The maximum absolute atomic E-state index is 14.4. The molecule has 266 valence electrons. The SMILES string of the molecule is CNc1cc(CCCc2ccc(NC(=O)/C(N)=C/C=C(\N)n3ccnc3)c(C(=O)O)c2)c(F)cc1C(=O)O.N/C(C=O)=C\C=C(/N)n1ccnc1. The van der Waals surface area contributed by atoms with Crippen LogP contribution in [-0.2, 0) is 22.4 Å². The average molecular weight is 701 g/mol. The van der Waals surface area contributed by atoms with E-state index in [9.17, 15) is 33.8 Å². The number of benzene rings is 2. The molecule has 4 aromatic rings. The average Bonchev–Trinajstić information content (AvgIpc) is 3.86. The first-order valence-electron chi connectivity index (χ1n) is 15.0. The number of aromatic nitrogens is 4. The topological polar surface area (TPSA) is 273 Å². The summed E-state index contributed by atoms with van der Waals surface area (Å²) < 4.78 is 17.5. The van der Waals surface area contributed by atoms with E-state index in [1.807, 2.05) is 0 Å². The lowest BCUT2D eigenvalue weighted by atomic mass is 9.99. The van der Waals surface area contributed by atoms with Crippen molar-refractivity contribution in [3.63, 3.8) is 0 Å². The van der Waals surface area contributed by atoms with Crippen LogP contribution >= 0.6 is 0 Å². The van der Waals surface area contributed by atoms with Crippen LogP contribution in [0.4, 0.5) is 15.8 Å². The van der Waals surface area contributed by atoms with Crippen LogP contribution in [0.15, 0.2) is 103 Å². The molecule has 2 heterocycles. The number of aryl methyl sites for hydroxylation is 2. The normalized spacial score (nSPS) is 12.0. The van der Waals surface area contributed by atoms with Gasteiger partial charge in [0.15, 0.2) is 6.29 Å². The van der Waals surface area contributed by atoms with E-state index in [4.69, 9.17) is 22.9 Å². The highest BCUT2D eigenvalue weighted by molar-refractivity contribution is 6.07. The molecule has 0 saturated carbocycles. The lowest BCUT2D eigenvalue weighted by molar-refractivity contribution is -0.113.